The van der Waals surface area contributed by atoms with E-state index >= 15 is 0 Å². The molecule has 1 aliphatic carbocycles. The predicted octanol–water partition coefficient (Wildman–Crippen LogP) is 3.37. The molecule has 3 aromatic rings. The number of nitrogens with one attached hydrogen (secondary N) is 1. The van der Waals surface area contributed by atoms with E-state index in [4.69, 9.17) is 25.5 Å². The maximum Gasteiger partial charge on any atom is 0.349 e. The van der Waals surface area contributed by atoms with Crippen LogP contribution in [-0.4, -0.2) is 35.1 Å². The molecule has 1 aliphatic rings. The normalized spacial score (nSPS) is 18.7. The number of carbonyl (C=O) groups is 1. The van der Waals surface area contributed by atoms with Gasteiger partial charge in [0.15, 0.2) is 11.3 Å². The fourth-order valence-corrected chi connectivity index (χ4v) is 3.63. The molecule has 30 heavy (non-hydrogen) atoms. The van der Waals surface area contributed by atoms with Crippen molar-refractivity contribution in [3.8, 4) is 11.8 Å². The molecular weight excluding hydrogens is 410 g/mol. The standard InChI is InChI=1S/C21H20ClN3O5/c1-28-17-4-2-3-12-9-16(20(27)30-18(12)17)19(26)25-14-5-7-15(8-6-14)29-21-23-10-13(22)11-24-21/h2-4,9-11,14-15H,5-8H2,1H3,(H,25,26). The van der Waals surface area contributed by atoms with Crippen molar-refractivity contribution in [1.29, 1.82) is 0 Å². The van der Waals surface area contributed by atoms with Crippen LogP contribution in [0.3, 0.4) is 0 Å². The Bertz CT molecular complexity index is 1110. The number of halogens is 1. The number of amides is 1. The summed E-state index contributed by atoms with van der Waals surface area (Å²) in [7, 11) is 1.49. The third kappa shape index (κ3) is 4.38. The van der Waals surface area contributed by atoms with Crippen LogP contribution in [0.2, 0.25) is 5.02 Å². The van der Waals surface area contributed by atoms with Gasteiger partial charge in [-0.05, 0) is 37.8 Å². The summed E-state index contributed by atoms with van der Waals surface area (Å²) in [6, 6.07) is 7.00. The average Bonchev–Trinajstić information content (AvgIpc) is 2.75. The lowest BCUT2D eigenvalue weighted by Crippen LogP contribution is -2.41. The highest BCUT2D eigenvalue weighted by Gasteiger charge is 2.26. The maximum absolute atomic E-state index is 12.7. The lowest BCUT2D eigenvalue weighted by Gasteiger charge is -2.28. The van der Waals surface area contributed by atoms with Gasteiger partial charge in [-0.1, -0.05) is 23.7 Å². The van der Waals surface area contributed by atoms with Crippen molar-refractivity contribution >= 4 is 28.5 Å². The topological polar surface area (TPSA) is 104 Å². The minimum atomic E-state index is -0.693. The van der Waals surface area contributed by atoms with Crippen LogP contribution < -0.4 is 20.4 Å². The van der Waals surface area contributed by atoms with Crippen LogP contribution in [-0.2, 0) is 0 Å². The molecule has 1 fully saturated rings. The first-order valence-corrected chi connectivity index (χ1v) is 9.97. The fraction of sp³-hybridized carbons (Fsp3) is 0.333. The van der Waals surface area contributed by atoms with Crippen molar-refractivity contribution in [1.82, 2.24) is 15.3 Å². The third-order valence-corrected chi connectivity index (χ3v) is 5.26. The zero-order chi connectivity index (χ0) is 21.1. The van der Waals surface area contributed by atoms with Crippen LogP contribution >= 0.6 is 11.6 Å². The zero-order valence-electron chi connectivity index (χ0n) is 16.3. The molecule has 8 nitrogen and oxygen atoms in total. The van der Waals surface area contributed by atoms with Gasteiger partial charge in [0.25, 0.3) is 5.91 Å². The molecule has 0 atom stereocenters. The quantitative estimate of drug-likeness (QED) is 0.620. The molecule has 1 amide bonds. The molecule has 0 unspecified atom stereocenters. The van der Waals surface area contributed by atoms with E-state index in [1.54, 1.807) is 18.2 Å². The van der Waals surface area contributed by atoms with Gasteiger partial charge in [0, 0.05) is 11.4 Å². The lowest BCUT2D eigenvalue weighted by atomic mass is 9.93. The van der Waals surface area contributed by atoms with Gasteiger partial charge in [-0.2, -0.15) is 0 Å². The van der Waals surface area contributed by atoms with Gasteiger partial charge < -0.3 is 19.2 Å². The highest BCUT2D eigenvalue weighted by Crippen LogP contribution is 2.25. The molecule has 1 N–H and O–H groups in total. The second-order valence-corrected chi connectivity index (χ2v) is 7.51. The molecule has 4 rings (SSSR count). The fourth-order valence-electron chi connectivity index (χ4n) is 3.54. The van der Waals surface area contributed by atoms with Crippen LogP contribution in [0, 0.1) is 0 Å². The minimum absolute atomic E-state index is 0.0244. The number of carbonyl (C=O) groups excluding carboxylic acids is 1. The molecule has 0 saturated heterocycles. The monoisotopic (exact) mass is 429 g/mol. The van der Waals surface area contributed by atoms with Crippen LogP contribution in [0.4, 0.5) is 0 Å². The number of methoxy groups -OCH3 is 1. The summed E-state index contributed by atoms with van der Waals surface area (Å²) in [5.41, 5.74) is -0.395. The highest BCUT2D eigenvalue weighted by atomic mass is 35.5. The first-order valence-electron chi connectivity index (χ1n) is 9.59. The third-order valence-electron chi connectivity index (χ3n) is 5.07. The van der Waals surface area contributed by atoms with E-state index in [2.05, 4.69) is 15.3 Å². The summed E-state index contributed by atoms with van der Waals surface area (Å²) in [6.07, 6.45) is 5.85. The molecule has 0 aliphatic heterocycles. The highest BCUT2D eigenvalue weighted by molar-refractivity contribution is 6.30. The van der Waals surface area contributed by atoms with Crippen LogP contribution in [0.25, 0.3) is 11.0 Å². The van der Waals surface area contributed by atoms with Gasteiger partial charge in [-0.3, -0.25) is 4.79 Å². The predicted molar refractivity (Wildman–Crippen MR) is 110 cm³/mol. The van der Waals surface area contributed by atoms with Crippen LogP contribution in [0.15, 0.2) is 45.9 Å². The van der Waals surface area contributed by atoms with Crippen molar-refractivity contribution in [2.24, 2.45) is 0 Å². The van der Waals surface area contributed by atoms with E-state index in [9.17, 15) is 9.59 Å². The van der Waals surface area contributed by atoms with E-state index in [0.717, 1.165) is 25.7 Å². The molecule has 0 radical (unpaired) electrons. The molecule has 1 saturated carbocycles. The van der Waals surface area contributed by atoms with Gasteiger partial charge in [0.1, 0.15) is 11.7 Å². The number of rotatable bonds is 5. The number of hydrogen-bond acceptors (Lipinski definition) is 7. The molecule has 1 aromatic carbocycles. The van der Waals surface area contributed by atoms with Crippen LogP contribution in [0.5, 0.6) is 11.8 Å². The van der Waals surface area contributed by atoms with Crippen molar-refractivity contribution in [3.63, 3.8) is 0 Å². The Labute approximate surface area is 177 Å². The van der Waals surface area contributed by atoms with Gasteiger partial charge in [-0.25, -0.2) is 14.8 Å². The summed E-state index contributed by atoms with van der Waals surface area (Å²) in [5.74, 6) is -0.00146. The first-order chi connectivity index (χ1) is 14.5. The Morgan fingerprint density at radius 1 is 1.20 bits per heavy atom. The van der Waals surface area contributed by atoms with E-state index < -0.39 is 11.5 Å². The van der Waals surface area contributed by atoms with Gasteiger partial charge in [-0.15, -0.1) is 0 Å². The number of nitrogens with zero attached hydrogens (tertiary/aromatic N) is 2. The molecule has 2 heterocycles. The number of para-hydroxylation sites is 1. The first kappa shape index (κ1) is 20.2. The number of ether oxygens (including phenoxy) is 2. The average molecular weight is 430 g/mol. The van der Waals surface area contributed by atoms with Crippen molar-refractivity contribution in [2.75, 3.05) is 7.11 Å². The summed E-state index contributed by atoms with van der Waals surface area (Å²) in [6.45, 7) is 0. The molecule has 9 heteroatoms. The number of aromatic nitrogens is 2. The van der Waals surface area contributed by atoms with E-state index in [-0.39, 0.29) is 23.7 Å². The van der Waals surface area contributed by atoms with Crippen molar-refractivity contribution in [3.05, 3.63) is 57.7 Å². The van der Waals surface area contributed by atoms with Crippen molar-refractivity contribution < 1.29 is 18.7 Å². The summed E-state index contributed by atoms with van der Waals surface area (Å²) >= 11 is 5.77. The summed E-state index contributed by atoms with van der Waals surface area (Å²) in [4.78, 5) is 33.1. The lowest BCUT2D eigenvalue weighted by molar-refractivity contribution is 0.0882. The largest absolute Gasteiger partial charge is 0.493 e. The Kier molecular flexibility index (Phi) is 5.85. The SMILES string of the molecule is COc1cccc2cc(C(=O)NC3CCC(Oc4ncc(Cl)cn4)CC3)c(=O)oc12. The summed E-state index contributed by atoms with van der Waals surface area (Å²) < 4.78 is 16.3. The van der Waals surface area contributed by atoms with Gasteiger partial charge in [0.2, 0.25) is 0 Å². The van der Waals surface area contributed by atoms with Crippen LogP contribution in [0.1, 0.15) is 36.0 Å². The van der Waals surface area contributed by atoms with E-state index in [1.807, 2.05) is 0 Å². The zero-order valence-corrected chi connectivity index (χ0v) is 17.0. The number of fused-ring (bicyclic) bond motifs is 1. The molecule has 0 spiro atoms. The number of benzene rings is 1. The van der Waals surface area contributed by atoms with Gasteiger partial charge >= 0.3 is 11.6 Å². The Balaban J connectivity index is 1.38. The molecule has 156 valence electrons. The Hall–Kier alpha value is -3.13. The van der Waals surface area contributed by atoms with Crippen molar-refractivity contribution in [2.45, 2.75) is 37.8 Å². The van der Waals surface area contributed by atoms with E-state index in [0.29, 0.717) is 21.7 Å². The molecule has 0 bridgehead atoms. The minimum Gasteiger partial charge on any atom is -0.493 e. The smallest absolute Gasteiger partial charge is 0.349 e. The Morgan fingerprint density at radius 3 is 2.63 bits per heavy atom. The molecule has 2 aromatic heterocycles. The molecular formula is C21H20ClN3O5. The van der Waals surface area contributed by atoms with E-state index in [1.165, 1.54) is 25.6 Å². The second kappa shape index (κ2) is 8.71. The Morgan fingerprint density at radius 2 is 1.93 bits per heavy atom. The second-order valence-electron chi connectivity index (χ2n) is 7.07. The summed E-state index contributed by atoms with van der Waals surface area (Å²) in [5, 5.41) is 4.00. The number of hydrogen-bond donors (Lipinski definition) is 1. The van der Waals surface area contributed by atoms with Gasteiger partial charge in [0.05, 0.1) is 24.5 Å². The maximum atomic E-state index is 12.7.